The average Bonchev–Trinajstić information content (AvgIpc) is 2.74. The third kappa shape index (κ3) is 5.59. The summed E-state index contributed by atoms with van der Waals surface area (Å²) < 4.78 is 23.5. The molecule has 1 N–H and O–H groups in total. The second kappa shape index (κ2) is 9.06. The Hall–Kier alpha value is -1.31. The maximum atomic E-state index is 12.3. The number of nitrogens with one attached hydrogen (secondary N) is 1. The van der Waals surface area contributed by atoms with E-state index in [0.717, 1.165) is 32.1 Å². The molecule has 1 heterocycles. The molecule has 2 rings (SSSR count). The van der Waals surface area contributed by atoms with E-state index in [-0.39, 0.29) is 26.4 Å². The monoisotopic (exact) mass is 420 g/mol. The number of rotatable bonds is 6. The second-order valence-electron chi connectivity index (χ2n) is 6.34. The Bertz CT molecular complexity index is 796. The number of sulfone groups is 1. The lowest BCUT2D eigenvalue weighted by atomic mass is 10.2. The van der Waals surface area contributed by atoms with E-state index in [0.29, 0.717) is 25.9 Å². The highest BCUT2D eigenvalue weighted by Crippen LogP contribution is 2.28. The molecule has 1 aliphatic heterocycles. The highest BCUT2D eigenvalue weighted by Gasteiger charge is 2.20. The summed E-state index contributed by atoms with van der Waals surface area (Å²) in [6.07, 6.45) is 5.22. The Labute approximate surface area is 163 Å². The lowest BCUT2D eigenvalue weighted by Crippen LogP contribution is -2.34. The van der Waals surface area contributed by atoms with Crippen molar-refractivity contribution >= 4 is 44.9 Å². The summed E-state index contributed by atoms with van der Waals surface area (Å²) in [4.78, 5) is 25.9. The zero-order valence-electron chi connectivity index (χ0n) is 14.6. The van der Waals surface area contributed by atoms with Gasteiger partial charge in [-0.3, -0.25) is 9.59 Å². The zero-order chi connectivity index (χ0) is 19.3. The summed E-state index contributed by atoms with van der Waals surface area (Å²) in [7, 11) is -3.57. The average molecular weight is 421 g/mol. The van der Waals surface area contributed by atoms with E-state index in [2.05, 4.69) is 5.32 Å². The van der Waals surface area contributed by atoms with E-state index >= 15 is 0 Å². The summed E-state index contributed by atoms with van der Waals surface area (Å²) in [5, 5.41) is 2.77. The summed E-state index contributed by atoms with van der Waals surface area (Å²) in [6, 6.07) is 2.44. The molecule has 0 radical (unpaired) electrons. The van der Waals surface area contributed by atoms with Crippen molar-refractivity contribution in [2.45, 2.75) is 37.0 Å². The number of carbonyl (C=O) groups excluding carboxylic acids is 2. The van der Waals surface area contributed by atoms with Crippen LogP contribution in [0.3, 0.4) is 0 Å². The van der Waals surface area contributed by atoms with Crippen molar-refractivity contribution in [2.24, 2.45) is 0 Å². The summed E-state index contributed by atoms with van der Waals surface area (Å²) in [6.45, 7) is 1.70. The molecule has 1 saturated heterocycles. The van der Waals surface area contributed by atoms with E-state index < -0.39 is 15.7 Å². The molecule has 0 saturated carbocycles. The van der Waals surface area contributed by atoms with Crippen LogP contribution in [0.1, 0.15) is 42.5 Å². The number of benzene rings is 1. The molecule has 6 nitrogen and oxygen atoms in total. The first kappa shape index (κ1) is 21.0. The predicted molar refractivity (Wildman–Crippen MR) is 102 cm³/mol. The number of amides is 2. The van der Waals surface area contributed by atoms with Gasteiger partial charge in [0.1, 0.15) is 0 Å². The van der Waals surface area contributed by atoms with Gasteiger partial charge in [-0.25, -0.2) is 8.42 Å². The van der Waals surface area contributed by atoms with E-state index in [1.54, 1.807) is 0 Å². The van der Waals surface area contributed by atoms with Gasteiger partial charge in [0.2, 0.25) is 5.91 Å². The van der Waals surface area contributed by atoms with Crippen LogP contribution in [0.25, 0.3) is 0 Å². The second-order valence-corrected chi connectivity index (χ2v) is 9.13. The van der Waals surface area contributed by atoms with Crippen molar-refractivity contribution in [3.05, 3.63) is 27.7 Å². The van der Waals surface area contributed by atoms with Gasteiger partial charge in [0.25, 0.3) is 5.91 Å². The maximum Gasteiger partial charge on any atom is 0.252 e. The molecule has 144 valence electrons. The fraction of sp³-hybridized carbons (Fsp3) is 0.529. The fourth-order valence-corrected chi connectivity index (χ4v) is 4.46. The van der Waals surface area contributed by atoms with Crippen LogP contribution in [0.2, 0.25) is 10.0 Å². The third-order valence-electron chi connectivity index (χ3n) is 4.23. The Morgan fingerprint density at radius 2 is 1.92 bits per heavy atom. The van der Waals surface area contributed by atoms with Crippen molar-refractivity contribution in [1.29, 1.82) is 0 Å². The minimum atomic E-state index is -3.57. The molecule has 0 unspecified atom stereocenters. The molecule has 1 fully saturated rings. The van der Waals surface area contributed by atoms with Crippen LogP contribution in [0, 0.1) is 0 Å². The van der Waals surface area contributed by atoms with Crippen LogP contribution in [-0.4, -0.2) is 51.0 Å². The molecule has 0 bridgehead atoms. The van der Waals surface area contributed by atoms with Crippen molar-refractivity contribution in [3.63, 3.8) is 0 Å². The Morgan fingerprint density at radius 1 is 1.19 bits per heavy atom. The fourth-order valence-electron chi connectivity index (χ4n) is 2.83. The number of hydrogen-bond acceptors (Lipinski definition) is 4. The van der Waals surface area contributed by atoms with Gasteiger partial charge in [-0.1, -0.05) is 29.6 Å². The van der Waals surface area contributed by atoms with Crippen LogP contribution < -0.4 is 5.32 Å². The molecule has 0 atom stereocenters. The molecule has 9 heteroatoms. The molecule has 26 heavy (non-hydrogen) atoms. The first-order chi connectivity index (χ1) is 12.2. The summed E-state index contributed by atoms with van der Waals surface area (Å²) >= 11 is 11.9. The number of nitrogens with zero attached hydrogens (tertiary/aromatic N) is 1. The van der Waals surface area contributed by atoms with Crippen LogP contribution in [0.4, 0.5) is 0 Å². The largest absolute Gasteiger partial charge is 0.352 e. The van der Waals surface area contributed by atoms with Crippen molar-refractivity contribution in [1.82, 2.24) is 10.2 Å². The predicted octanol–water partition coefficient (Wildman–Crippen LogP) is 2.92. The molecule has 2 amide bonds. The van der Waals surface area contributed by atoms with E-state index in [1.165, 1.54) is 12.1 Å². The quantitative estimate of drug-likeness (QED) is 0.716. The normalized spacial score (nSPS) is 15.7. The minimum Gasteiger partial charge on any atom is -0.352 e. The minimum absolute atomic E-state index is 0.0197. The van der Waals surface area contributed by atoms with Crippen molar-refractivity contribution < 1.29 is 18.0 Å². The number of likely N-dealkylation sites (tertiary alicyclic amines) is 1. The van der Waals surface area contributed by atoms with E-state index in [9.17, 15) is 18.0 Å². The Kier molecular flexibility index (Phi) is 7.32. The smallest absolute Gasteiger partial charge is 0.252 e. The SMILES string of the molecule is CS(=O)(=O)c1cc(C(=O)NCCCN2CCCCCC2=O)c(Cl)cc1Cl. The van der Waals surface area contributed by atoms with Crippen LogP contribution in [0.5, 0.6) is 0 Å². The Balaban J connectivity index is 1.95. The lowest BCUT2D eigenvalue weighted by molar-refractivity contribution is -0.130. The summed E-state index contributed by atoms with van der Waals surface area (Å²) in [5.74, 6) is -0.314. The topological polar surface area (TPSA) is 83.6 Å². The first-order valence-corrected chi connectivity index (χ1v) is 11.1. The lowest BCUT2D eigenvalue weighted by Gasteiger charge is -2.20. The molecule has 1 aliphatic rings. The van der Waals surface area contributed by atoms with E-state index in [1.807, 2.05) is 4.90 Å². The van der Waals surface area contributed by atoms with Gasteiger partial charge in [0.05, 0.1) is 20.5 Å². The van der Waals surface area contributed by atoms with Gasteiger partial charge in [-0.15, -0.1) is 0 Å². The molecule has 0 spiro atoms. The highest BCUT2D eigenvalue weighted by molar-refractivity contribution is 7.90. The maximum absolute atomic E-state index is 12.3. The van der Waals surface area contributed by atoms with Crippen LogP contribution in [-0.2, 0) is 14.6 Å². The Morgan fingerprint density at radius 3 is 2.62 bits per heavy atom. The summed E-state index contributed by atoms with van der Waals surface area (Å²) in [5.41, 5.74) is 0.0577. The third-order valence-corrected chi connectivity index (χ3v) is 6.10. The van der Waals surface area contributed by atoms with Gasteiger partial charge >= 0.3 is 0 Å². The van der Waals surface area contributed by atoms with Gasteiger partial charge in [0.15, 0.2) is 9.84 Å². The van der Waals surface area contributed by atoms with Crippen molar-refractivity contribution in [3.8, 4) is 0 Å². The standard InChI is InChI=1S/C17H22Cl2N2O4S/c1-26(24,25)15-10-12(13(18)11-14(15)19)17(23)20-7-5-9-21-8-4-2-3-6-16(21)22/h10-11H,2-9H2,1H3,(H,20,23). The number of hydrogen-bond donors (Lipinski definition) is 1. The molecule has 1 aromatic carbocycles. The van der Waals surface area contributed by atoms with Gasteiger partial charge in [-0.05, 0) is 31.4 Å². The number of halogens is 2. The molecule has 0 aliphatic carbocycles. The molecule has 0 aromatic heterocycles. The zero-order valence-corrected chi connectivity index (χ0v) is 16.9. The van der Waals surface area contributed by atoms with Crippen LogP contribution in [0.15, 0.2) is 17.0 Å². The van der Waals surface area contributed by atoms with Crippen LogP contribution >= 0.6 is 23.2 Å². The van der Waals surface area contributed by atoms with Crippen molar-refractivity contribution in [2.75, 3.05) is 25.9 Å². The van der Waals surface area contributed by atoms with Gasteiger partial charge in [-0.2, -0.15) is 0 Å². The molecular weight excluding hydrogens is 399 g/mol. The van der Waals surface area contributed by atoms with Gasteiger partial charge in [0, 0.05) is 32.3 Å². The van der Waals surface area contributed by atoms with Gasteiger partial charge < -0.3 is 10.2 Å². The highest BCUT2D eigenvalue weighted by atomic mass is 35.5. The first-order valence-electron chi connectivity index (χ1n) is 8.45. The number of carbonyl (C=O) groups is 2. The molecule has 1 aromatic rings. The molecular formula is C17H22Cl2N2O4S. The van der Waals surface area contributed by atoms with E-state index in [4.69, 9.17) is 23.2 Å².